The number of benzene rings is 2. The molecule has 0 spiro atoms. The third-order valence-electron chi connectivity index (χ3n) is 4.21. The minimum Gasteiger partial charge on any atom is -0.489 e. The van der Waals surface area contributed by atoms with Crippen LogP contribution in [0.1, 0.15) is 28.3 Å². The third kappa shape index (κ3) is 3.38. The van der Waals surface area contributed by atoms with Crippen LogP contribution in [0.25, 0.3) is 0 Å². The molecular weight excluding hydrogens is 370 g/mol. The van der Waals surface area contributed by atoms with E-state index in [1.54, 1.807) is 0 Å². The zero-order valence-electron chi connectivity index (χ0n) is 13.7. The predicted molar refractivity (Wildman–Crippen MR) is 104 cm³/mol. The Kier molecular flexibility index (Phi) is 4.53. The molecule has 1 amide bonds. The molecule has 3 N–H and O–H groups in total. The van der Waals surface area contributed by atoms with E-state index in [0.29, 0.717) is 29.0 Å². The monoisotopic (exact) mass is 385 g/mol. The fourth-order valence-corrected chi connectivity index (χ4v) is 4.20. The Morgan fingerprint density at radius 1 is 1.27 bits per heavy atom. The predicted octanol–water partition coefficient (Wildman–Crippen LogP) is 4.43. The topological polar surface area (TPSA) is 77.2 Å². The molecule has 0 aliphatic carbocycles. The SMILES string of the molecule is Nc1nc2c(s1)C(c1ccccc1OCc1cccc(Cl)c1)CC(=O)N2. The number of aromatic nitrogens is 1. The molecule has 26 heavy (non-hydrogen) atoms. The zero-order chi connectivity index (χ0) is 18.1. The lowest BCUT2D eigenvalue weighted by atomic mass is 9.91. The average Bonchev–Trinajstić information content (AvgIpc) is 2.99. The fraction of sp³-hybridized carbons (Fsp3) is 0.158. The lowest BCUT2D eigenvalue weighted by Gasteiger charge is -2.23. The summed E-state index contributed by atoms with van der Waals surface area (Å²) in [5.74, 6) is 1.10. The molecule has 1 aromatic heterocycles. The minimum absolute atomic E-state index is 0.0718. The Balaban J connectivity index is 1.65. The van der Waals surface area contributed by atoms with Crippen LogP contribution in [0.4, 0.5) is 10.9 Å². The Hall–Kier alpha value is -2.57. The van der Waals surface area contributed by atoms with Crippen molar-refractivity contribution in [1.29, 1.82) is 0 Å². The number of halogens is 1. The Morgan fingerprint density at radius 3 is 2.96 bits per heavy atom. The number of anilines is 2. The van der Waals surface area contributed by atoms with Crippen LogP contribution < -0.4 is 15.8 Å². The van der Waals surface area contributed by atoms with Crippen LogP contribution in [0.5, 0.6) is 5.75 Å². The van der Waals surface area contributed by atoms with Crippen molar-refractivity contribution in [3.8, 4) is 5.75 Å². The van der Waals surface area contributed by atoms with E-state index in [0.717, 1.165) is 21.8 Å². The van der Waals surface area contributed by atoms with E-state index < -0.39 is 0 Å². The number of rotatable bonds is 4. The number of thiazole rings is 1. The first-order chi connectivity index (χ1) is 12.6. The second-order valence-corrected chi connectivity index (χ2v) is 7.52. The molecule has 0 saturated carbocycles. The van der Waals surface area contributed by atoms with Gasteiger partial charge in [-0.2, -0.15) is 0 Å². The quantitative estimate of drug-likeness (QED) is 0.696. The van der Waals surface area contributed by atoms with Crippen LogP contribution >= 0.6 is 22.9 Å². The largest absolute Gasteiger partial charge is 0.489 e. The van der Waals surface area contributed by atoms with Crippen molar-refractivity contribution in [3.05, 3.63) is 69.6 Å². The molecule has 7 heteroatoms. The summed E-state index contributed by atoms with van der Waals surface area (Å²) in [6, 6.07) is 15.3. The summed E-state index contributed by atoms with van der Waals surface area (Å²) in [5, 5.41) is 3.91. The van der Waals surface area contributed by atoms with Gasteiger partial charge in [-0.15, -0.1) is 0 Å². The average molecular weight is 386 g/mol. The molecule has 3 aromatic rings. The van der Waals surface area contributed by atoms with Crippen molar-refractivity contribution in [3.63, 3.8) is 0 Å². The number of carbonyl (C=O) groups is 1. The number of hydrogen-bond acceptors (Lipinski definition) is 5. The van der Waals surface area contributed by atoms with Crippen molar-refractivity contribution in [2.45, 2.75) is 18.9 Å². The van der Waals surface area contributed by atoms with Crippen molar-refractivity contribution in [2.24, 2.45) is 0 Å². The van der Waals surface area contributed by atoms with E-state index in [1.807, 2.05) is 48.5 Å². The number of nitrogens with one attached hydrogen (secondary N) is 1. The van der Waals surface area contributed by atoms with Gasteiger partial charge in [0.1, 0.15) is 18.2 Å². The summed E-state index contributed by atoms with van der Waals surface area (Å²) in [4.78, 5) is 17.3. The summed E-state index contributed by atoms with van der Waals surface area (Å²) in [7, 11) is 0. The van der Waals surface area contributed by atoms with Crippen LogP contribution in [0.3, 0.4) is 0 Å². The van der Waals surface area contributed by atoms with Crippen molar-refractivity contribution >= 4 is 39.8 Å². The van der Waals surface area contributed by atoms with E-state index in [2.05, 4.69) is 10.3 Å². The van der Waals surface area contributed by atoms with E-state index in [1.165, 1.54) is 11.3 Å². The molecule has 2 heterocycles. The first-order valence-corrected chi connectivity index (χ1v) is 9.32. The Labute approximate surface area is 159 Å². The van der Waals surface area contributed by atoms with Crippen LogP contribution in [-0.4, -0.2) is 10.9 Å². The van der Waals surface area contributed by atoms with Gasteiger partial charge in [0.25, 0.3) is 0 Å². The molecule has 2 aromatic carbocycles. The maximum absolute atomic E-state index is 12.1. The Bertz CT molecular complexity index is 973. The smallest absolute Gasteiger partial charge is 0.226 e. The molecule has 132 valence electrons. The molecule has 1 aliphatic rings. The highest BCUT2D eigenvalue weighted by molar-refractivity contribution is 7.16. The highest BCUT2D eigenvalue weighted by Gasteiger charge is 2.31. The molecule has 0 bridgehead atoms. The Morgan fingerprint density at radius 2 is 2.12 bits per heavy atom. The van der Waals surface area contributed by atoms with E-state index in [4.69, 9.17) is 22.1 Å². The van der Waals surface area contributed by atoms with Gasteiger partial charge in [0.2, 0.25) is 5.91 Å². The molecule has 1 atom stereocenters. The molecule has 0 radical (unpaired) electrons. The summed E-state index contributed by atoms with van der Waals surface area (Å²) in [5.41, 5.74) is 7.78. The molecule has 1 unspecified atom stereocenters. The van der Waals surface area contributed by atoms with E-state index in [-0.39, 0.29) is 11.8 Å². The highest BCUT2D eigenvalue weighted by Crippen LogP contribution is 2.44. The molecule has 4 rings (SSSR count). The van der Waals surface area contributed by atoms with Gasteiger partial charge in [0.05, 0.1) is 4.88 Å². The summed E-state index contributed by atoms with van der Waals surface area (Å²) in [6.45, 7) is 0.397. The molecular formula is C19H16ClN3O2S. The van der Waals surface area contributed by atoms with E-state index >= 15 is 0 Å². The normalized spacial score (nSPS) is 16.0. The van der Waals surface area contributed by atoms with Gasteiger partial charge < -0.3 is 15.8 Å². The lowest BCUT2D eigenvalue weighted by Crippen LogP contribution is -2.23. The van der Waals surface area contributed by atoms with Gasteiger partial charge in [0, 0.05) is 22.9 Å². The van der Waals surface area contributed by atoms with Gasteiger partial charge in [0.15, 0.2) is 5.13 Å². The zero-order valence-corrected chi connectivity index (χ0v) is 15.3. The maximum Gasteiger partial charge on any atom is 0.226 e. The van der Waals surface area contributed by atoms with Crippen LogP contribution in [0.2, 0.25) is 5.02 Å². The number of para-hydroxylation sites is 1. The van der Waals surface area contributed by atoms with Crippen molar-refractivity contribution < 1.29 is 9.53 Å². The molecule has 1 aliphatic heterocycles. The third-order valence-corrected chi connectivity index (χ3v) is 5.44. The van der Waals surface area contributed by atoms with Crippen LogP contribution in [0, 0.1) is 0 Å². The number of nitrogens with two attached hydrogens (primary N) is 1. The highest BCUT2D eigenvalue weighted by atomic mass is 35.5. The van der Waals surface area contributed by atoms with Crippen LogP contribution in [-0.2, 0) is 11.4 Å². The van der Waals surface area contributed by atoms with Gasteiger partial charge in [-0.1, -0.05) is 53.3 Å². The minimum atomic E-state index is -0.121. The van der Waals surface area contributed by atoms with E-state index in [9.17, 15) is 4.79 Å². The molecule has 0 saturated heterocycles. The number of hydrogen-bond donors (Lipinski definition) is 2. The van der Waals surface area contributed by atoms with Gasteiger partial charge in [-0.25, -0.2) is 4.98 Å². The number of nitrogen functional groups attached to an aromatic ring is 1. The first kappa shape index (κ1) is 16.9. The summed E-state index contributed by atoms with van der Waals surface area (Å²) in [6.07, 6.45) is 0.339. The summed E-state index contributed by atoms with van der Waals surface area (Å²) < 4.78 is 6.05. The van der Waals surface area contributed by atoms with Gasteiger partial charge >= 0.3 is 0 Å². The lowest BCUT2D eigenvalue weighted by molar-refractivity contribution is -0.116. The number of amides is 1. The van der Waals surface area contributed by atoms with Gasteiger partial charge in [-0.3, -0.25) is 4.79 Å². The number of ether oxygens (including phenoxy) is 1. The van der Waals surface area contributed by atoms with Gasteiger partial charge in [-0.05, 0) is 23.8 Å². The maximum atomic E-state index is 12.1. The van der Waals surface area contributed by atoms with Crippen molar-refractivity contribution in [2.75, 3.05) is 11.1 Å². The number of nitrogens with zero attached hydrogens (tertiary/aromatic N) is 1. The first-order valence-electron chi connectivity index (χ1n) is 8.12. The standard InChI is InChI=1S/C19H16ClN3O2S/c20-12-5-3-4-11(8-12)10-25-15-7-2-1-6-13(15)14-9-16(24)22-18-17(14)26-19(21)23-18/h1-8,14H,9-10H2,(H2,21,23)(H,22,24). The summed E-state index contributed by atoms with van der Waals surface area (Å²) >= 11 is 7.44. The van der Waals surface area contributed by atoms with Crippen LogP contribution in [0.15, 0.2) is 48.5 Å². The fourth-order valence-electron chi connectivity index (χ4n) is 3.07. The number of carbonyl (C=O) groups excluding carboxylic acids is 1. The van der Waals surface area contributed by atoms with Crippen molar-refractivity contribution in [1.82, 2.24) is 4.98 Å². The molecule has 5 nitrogen and oxygen atoms in total. The molecule has 0 fully saturated rings. The second-order valence-electron chi connectivity index (χ2n) is 6.03. The number of fused-ring (bicyclic) bond motifs is 1. The second kappa shape index (κ2) is 6.97.